The van der Waals surface area contributed by atoms with Gasteiger partial charge < -0.3 is 10.6 Å². The van der Waals surface area contributed by atoms with Crippen LogP contribution in [0.1, 0.15) is 43.6 Å². The van der Waals surface area contributed by atoms with Crippen molar-refractivity contribution in [3.63, 3.8) is 0 Å². The quantitative estimate of drug-likeness (QED) is 0.837. The van der Waals surface area contributed by atoms with Crippen LogP contribution < -0.4 is 10.6 Å². The number of benzene rings is 1. The Kier molecular flexibility index (Phi) is 4.01. The Morgan fingerprint density at radius 3 is 2.50 bits per heavy atom. The normalized spacial score (nSPS) is 25.1. The maximum atomic E-state index is 12.8. The molecule has 1 aromatic rings. The summed E-state index contributed by atoms with van der Waals surface area (Å²) >= 11 is 0. The third-order valence-electron chi connectivity index (χ3n) is 4.21. The van der Waals surface area contributed by atoms with Crippen molar-refractivity contribution in [2.24, 2.45) is 0 Å². The molecule has 2 aliphatic rings. The third-order valence-corrected chi connectivity index (χ3v) is 4.21. The number of carbonyl (C=O) groups is 1. The molecule has 2 fully saturated rings. The van der Waals surface area contributed by atoms with Crippen molar-refractivity contribution in [2.75, 3.05) is 6.54 Å². The van der Waals surface area contributed by atoms with E-state index >= 15 is 0 Å². The SMILES string of the molecule is O=C(CCNC1CC(c2ccc(F)cc2)C1)NC1CC1. The molecule has 0 spiro atoms. The summed E-state index contributed by atoms with van der Waals surface area (Å²) in [6.45, 7) is 0.749. The summed E-state index contributed by atoms with van der Waals surface area (Å²) in [7, 11) is 0. The number of hydrogen-bond donors (Lipinski definition) is 2. The van der Waals surface area contributed by atoms with Crippen molar-refractivity contribution < 1.29 is 9.18 Å². The zero-order chi connectivity index (χ0) is 13.9. The van der Waals surface area contributed by atoms with Crippen LogP contribution in [0.25, 0.3) is 0 Å². The molecule has 1 aromatic carbocycles. The van der Waals surface area contributed by atoms with Gasteiger partial charge in [0.05, 0.1) is 0 Å². The van der Waals surface area contributed by atoms with Crippen LogP contribution in [-0.4, -0.2) is 24.5 Å². The minimum absolute atomic E-state index is 0.161. The van der Waals surface area contributed by atoms with Crippen molar-refractivity contribution in [3.05, 3.63) is 35.6 Å². The van der Waals surface area contributed by atoms with E-state index in [1.165, 1.54) is 17.7 Å². The van der Waals surface area contributed by atoms with Gasteiger partial charge in [-0.05, 0) is 49.3 Å². The minimum Gasteiger partial charge on any atom is -0.353 e. The van der Waals surface area contributed by atoms with E-state index in [0.29, 0.717) is 24.4 Å². The molecule has 2 saturated carbocycles. The van der Waals surface area contributed by atoms with Gasteiger partial charge in [-0.15, -0.1) is 0 Å². The van der Waals surface area contributed by atoms with Gasteiger partial charge in [0.2, 0.25) is 5.91 Å². The molecule has 0 heterocycles. The third kappa shape index (κ3) is 3.57. The molecular weight excluding hydrogens is 255 g/mol. The average Bonchev–Trinajstić information content (AvgIpc) is 3.17. The first-order chi connectivity index (χ1) is 9.70. The molecular formula is C16H21FN2O. The van der Waals surface area contributed by atoms with Gasteiger partial charge in [0.25, 0.3) is 0 Å². The molecule has 0 saturated heterocycles. The average molecular weight is 276 g/mol. The van der Waals surface area contributed by atoms with Crippen molar-refractivity contribution in [3.8, 4) is 0 Å². The lowest BCUT2D eigenvalue weighted by molar-refractivity contribution is -0.121. The lowest BCUT2D eigenvalue weighted by Crippen LogP contribution is -2.41. The fourth-order valence-corrected chi connectivity index (χ4v) is 2.71. The van der Waals surface area contributed by atoms with E-state index in [2.05, 4.69) is 10.6 Å². The van der Waals surface area contributed by atoms with Crippen LogP contribution in [0.5, 0.6) is 0 Å². The summed E-state index contributed by atoms with van der Waals surface area (Å²) in [6.07, 6.45) is 5.00. The summed E-state index contributed by atoms with van der Waals surface area (Å²) < 4.78 is 12.8. The Hall–Kier alpha value is -1.42. The largest absolute Gasteiger partial charge is 0.353 e. The van der Waals surface area contributed by atoms with Gasteiger partial charge in [-0.1, -0.05) is 12.1 Å². The van der Waals surface area contributed by atoms with Crippen LogP contribution in [0.15, 0.2) is 24.3 Å². The van der Waals surface area contributed by atoms with E-state index in [9.17, 15) is 9.18 Å². The molecule has 0 aromatic heterocycles. The van der Waals surface area contributed by atoms with Crippen molar-refractivity contribution in [1.82, 2.24) is 10.6 Å². The maximum absolute atomic E-state index is 12.8. The molecule has 0 bridgehead atoms. The van der Waals surface area contributed by atoms with Gasteiger partial charge >= 0.3 is 0 Å². The summed E-state index contributed by atoms with van der Waals surface area (Å²) in [4.78, 5) is 11.5. The van der Waals surface area contributed by atoms with Crippen LogP contribution >= 0.6 is 0 Å². The van der Waals surface area contributed by atoms with Crippen molar-refractivity contribution in [1.29, 1.82) is 0 Å². The highest BCUT2D eigenvalue weighted by Crippen LogP contribution is 2.36. The Labute approximate surface area is 118 Å². The van der Waals surface area contributed by atoms with Gasteiger partial charge in [0.15, 0.2) is 0 Å². The topological polar surface area (TPSA) is 41.1 Å². The molecule has 0 radical (unpaired) electrons. The van der Waals surface area contributed by atoms with Crippen LogP contribution in [0.3, 0.4) is 0 Å². The van der Waals surface area contributed by atoms with E-state index in [0.717, 1.165) is 32.2 Å². The fraction of sp³-hybridized carbons (Fsp3) is 0.562. The van der Waals surface area contributed by atoms with Crippen molar-refractivity contribution in [2.45, 2.75) is 50.1 Å². The molecule has 20 heavy (non-hydrogen) atoms. The molecule has 2 aliphatic carbocycles. The highest BCUT2D eigenvalue weighted by Gasteiger charge is 2.30. The van der Waals surface area contributed by atoms with Gasteiger partial charge in [-0.3, -0.25) is 4.79 Å². The first-order valence-corrected chi connectivity index (χ1v) is 7.49. The van der Waals surface area contributed by atoms with Crippen LogP contribution in [0, 0.1) is 5.82 Å². The first kappa shape index (κ1) is 13.6. The highest BCUT2D eigenvalue weighted by atomic mass is 19.1. The fourth-order valence-electron chi connectivity index (χ4n) is 2.71. The van der Waals surface area contributed by atoms with E-state index in [4.69, 9.17) is 0 Å². The number of rotatable bonds is 6. The van der Waals surface area contributed by atoms with Gasteiger partial charge in [-0.2, -0.15) is 0 Å². The number of amides is 1. The van der Waals surface area contributed by atoms with Crippen LogP contribution in [-0.2, 0) is 4.79 Å². The number of nitrogens with one attached hydrogen (secondary N) is 2. The minimum atomic E-state index is -0.176. The van der Waals surface area contributed by atoms with Crippen LogP contribution in [0.2, 0.25) is 0 Å². The highest BCUT2D eigenvalue weighted by molar-refractivity contribution is 5.76. The van der Waals surface area contributed by atoms with Gasteiger partial charge in [0.1, 0.15) is 5.82 Å². The molecule has 2 N–H and O–H groups in total. The van der Waals surface area contributed by atoms with Crippen LogP contribution in [0.4, 0.5) is 4.39 Å². The molecule has 3 rings (SSSR count). The second-order valence-electron chi connectivity index (χ2n) is 5.96. The van der Waals surface area contributed by atoms with E-state index in [1.807, 2.05) is 12.1 Å². The molecule has 3 nitrogen and oxygen atoms in total. The lowest BCUT2D eigenvalue weighted by Gasteiger charge is -2.36. The molecule has 0 aliphatic heterocycles. The summed E-state index contributed by atoms with van der Waals surface area (Å²) in [5, 5.41) is 6.41. The van der Waals surface area contributed by atoms with E-state index < -0.39 is 0 Å². The Balaban J connectivity index is 1.31. The Morgan fingerprint density at radius 1 is 1.15 bits per heavy atom. The molecule has 0 atom stereocenters. The molecule has 0 unspecified atom stereocenters. The predicted octanol–water partition coefficient (Wildman–Crippen LogP) is 2.33. The molecule has 108 valence electrons. The Bertz CT molecular complexity index is 464. The Morgan fingerprint density at radius 2 is 1.85 bits per heavy atom. The summed E-state index contributed by atoms with van der Waals surface area (Å²) in [5.41, 5.74) is 1.22. The monoisotopic (exact) mass is 276 g/mol. The summed E-state index contributed by atoms with van der Waals surface area (Å²) in [5.74, 6) is 0.521. The second kappa shape index (κ2) is 5.92. The standard InChI is InChI=1S/C16H21FN2O/c17-13-3-1-11(2-4-13)12-9-15(10-12)18-8-7-16(20)19-14-5-6-14/h1-4,12,14-15,18H,5-10H2,(H,19,20). The number of hydrogen-bond acceptors (Lipinski definition) is 2. The van der Waals surface area contributed by atoms with Gasteiger partial charge in [-0.25, -0.2) is 4.39 Å². The van der Waals surface area contributed by atoms with E-state index in [1.54, 1.807) is 0 Å². The number of halogens is 1. The second-order valence-corrected chi connectivity index (χ2v) is 5.96. The zero-order valence-electron chi connectivity index (χ0n) is 11.6. The zero-order valence-corrected chi connectivity index (χ0v) is 11.6. The summed E-state index contributed by atoms with van der Waals surface area (Å²) in [6, 6.07) is 7.75. The van der Waals surface area contributed by atoms with Gasteiger partial charge in [0, 0.05) is 25.0 Å². The smallest absolute Gasteiger partial charge is 0.221 e. The van der Waals surface area contributed by atoms with E-state index in [-0.39, 0.29) is 11.7 Å². The predicted molar refractivity (Wildman–Crippen MR) is 75.9 cm³/mol. The maximum Gasteiger partial charge on any atom is 0.221 e. The lowest BCUT2D eigenvalue weighted by atomic mass is 9.76. The molecule has 1 amide bonds. The molecule has 4 heteroatoms. The number of carbonyl (C=O) groups excluding carboxylic acids is 1. The first-order valence-electron chi connectivity index (χ1n) is 7.49. The van der Waals surface area contributed by atoms with Crippen molar-refractivity contribution >= 4 is 5.91 Å².